The molecule has 6 aromatic heterocycles. The molecule has 7 heteroatoms. The molecular weight excluding hydrogens is 386 g/mol. The van der Waals surface area contributed by atoms with Crippen LogP contribution in [0.25, 0.3) is 55.8 Å². The van der Waals surface area contributed by atoms with Gasteiger partial charge in [0.05, 0.1) is 28.8 Å². The molecule has 0 amide bonds. The zero-order chi connectivity index (χ0) is 20.8. The third-order valence-corrected chi connectivity index (χ3v) is 5.49. The number of hydrogen-bond acceptors (Lipinski definition) is 5. The van der Waals surface area contributed by atoms with E-state index in [1.807, 2.05) is 42.7 Å². The Morgan fingerprint density at radius 1 is 0.774 bits per heavy atom. The molecule has 2 N–H and O–H groups in total. The Hall–Kier alpha value is -4.39. The molecule has 0 radical (unpaired) electrons. The van der Waals surface area contributed by atoms with E-state index >= 15 is 0 Å². The number of rotatable bonds is 3. The molecule has 0 aromatic carbocycles. The minimum absolute atomic E-state index is 0.798. The summed E-state index contributed by atoms with van der Waals surface area (Å²) in [6, 6.07) is 14.0. The fourth-order valence-electron chi connectivity index (χ4n) is 3.90. The molecule has 0 bridgehead atoms. The highest BCUT2D eigenvalue weighted by atomic mass is 15.1. The van der Waals surface area contributed by atoms with Crippen LogP contribution in [0.3, 0.4) is 0 Å². The predicted molar refractivity (Wildman–Crippen MR) is 120 cm³/mol. The molecule has 0 spiro atoms. The van der Waals surface area contributed by atoms with Gasteiger partial charge in [-0.1, -0.05) is 6.07 Å². The number of pyridine rings is 4. The molecule has 0 unspecified atom stereocenters. The zero-order valence-corrected chi connectivity index (χ0v) is 16.7. The fraction of sp³-hybridized carbons (Fsp3) is 0.0417. The van der Waals surface area contributed by atoms with Crippen LogP contribution < -0.4 is 0 Å². The maximum absolute atomic E-state index is 4.60. The number of aryl methyl sites for hydroxylation is 1. The smallest absolute Gasteiger partial charge is 0.138 e. The second-order valence-electron chi connectivity index (χ2n) is 7.40. The lowest BCUT2D eigenvalue weighted by molar-refractivity contribution is 1.11. The molecule has 0 atom stereocenters. The Kier molecular flexibility index (Phi) is 3.86. The van der Waals surface area contributed by atoms with Crippen molar-refractivity contribution >= 4 is 21.9 Å². The van der Waals surface area contributed by atoms with Crippen LogP contribution in [0.4, 0.5) is 0 Å². The highest BCUT2D eigenvalue weighted by Gasteiger charge is 2.16. The zero-order valence-electron chi connectivity index (χ0n) is 16.7. The van der Waals surface area contributed by atoms with Gasteiger partial charge in [-0.25, -0.2) is 4.98 Å². The van der Waals surface area contributed by atoms with Gasteiger partial charge in [0.15, 0.2) is 0 Å². The highest BCUT2D eigenvalue weighted by molar-refractivity contribution is 5.99. The largest absolute Gasteiger partial charge is 0.338 e. The third kappa shape index (κ3) is 2.86. The first kappa shape index (κ1) is 17.5. The molecule has 6 heterocycles. The number of H-pyrrole nitrogens is 2. The van der Waals surface area contributed by atoms with E-state index in [0.717, 1.165) is 61.4 Å². The molecule has 31 heavy (non-hydrogen) atoms. The van der Waals surface area contributed by atoms with Crippen LogP contribution in [0.15, 0.2) is 73.4 Å². The van der Waals surface area contributed by atoms with Gasteiger partial charge < -0.3 is 4.98 Å². The normalized spacial score (nSPS) is 11.4. The first-order valence-corrected chi connectivity index (χ1v) is 9.92. The minimum Gasteiger partial charge on any atom is -0.338 e. The lowest BCUT2D eigenvalue weighted by atomic mass is 10.1. The molecule has 148 valence electrons. The van der Waals surface area contributed by atoms with E-state index in [1.165, 1.54) is 0 Å². The quantitative estimate of drug-likeness (QED) is 0.437. The maximum atomic E-state index is 4.60. The summed E-state index contributed by atoms with van der Waals surface area (Å²) in [6.45, 7) is 2.06. The summed E-state index contributed by atoms with van der Waals surface area (Å²) in [5.41, 5.74) is 8.32. The van der Waals surface area contributed by atoms with Gasteiger partial charge in [0, 0.05) is 46.7 Å². The number of nitrogens with zero attached hydrogens (tertiary/aromatic N) is 5. The van der Waals surface area contributed by atoms with Crippen LogP contribution in [0, 0.1) is 6.92 Å². The van der Waals surface area contributed by atoms with Crippen LogP contribution in [-0.4, -0.2) is 35.1 Å². The minimum atomic E-state index is 0.798. The number of fused-ring (bicyclic) bond motifs is 2. The van der Waals surface area contributed by atoms with Crippen LogP contribution >= 0.6 is 0 Å². The van der Waals surface area contributed by atoms with Crippen LogP contribution in [0.1, 0.15) is 5.56 Å². The van der Waals surface area contributed by atoms with Gasteiger partial charge in [0.25, 0.3) is 0 Å². The van der Waals surface area contributed by atoms with E-state index in [1.54, 1.807) is 18.6 Å². The second-order valence-corrected chi connectivity index (χ2v) is 7.40. The summed E-state index contributed by atoms with van der Waals surface area (Å²) in [5, 5.41) is 9.64. The summed E-state index contributed by atoms with van der Waals surface area (Å²) in [5.74, 6) is 0. The standard InChI is InChI=1S/C24H17N7/c1-14-5-8-25-12-18(14)20-11-17-22(13-28-20)30-31-23(17)21-10-16-15(6-9-27-24(16)29-21)19-4-2-3-7-26-19/h2-13H,1H3,(H,27,29)(H,30,31). The maximum Gasteiger partial charge on any atom is 0.138 e. The van der Waals surface area contributed by atoms with Crippen molar-refractivity contribution in [1.82, 2.24) is 35.1 Å². The Morgan fingerprint density at radius 2 is 1.74 bits per heavy atom. The molecule has 0 aliphatic carbocycles. The van der Waals surface area contributed by atoms with E-state index in [9.17, 15) is 0 Å². The number of aromatic nitrogens is 7. The van der Waals surface area contributed by atoms with Crippen LogP contribution in [0.5, 0.6) is 0 Å². The van der Waals surface area contributed by atoms with Crippen molar-refractivity contribution in [2.45, 2.75) is 6.92 Å². The number of hydrogen-bond donors (Lipinski definition) is 2. The Bertz CT molecular complexity index is 1550. The third-order valence-electron chi connectivity index (χ3n) is 5.49. The summed E-state index contributed by atoms with van der Waals surface area (Å²) in [4.78, 5) is 21.3. The Morgan fingerprint density at radius 3 is 2.61 bits per heavy atom. The van der Waals surface area contributed by atoms with E-state index in [-0.39, 0.29) is 0 Å². The first-order chi connectivity index (χ1) is 15.3. The van der Waals surface area contributed by atoms with Gasteiger partial charge in [0.1, 0.15) is 11.3 Å². The molecular formula is C24H17N7. The molecule has 0 saturated carbocycles. The van der Waals surface area contributed by atoms with Gasteiger partial charge in [0.2, 0.25) is 0 Å². The number of aromatic amines is 2. The second kappa shape index (κ2) is 6.84. The van der Waals surface area contributed by atoms with E-state index in [2.05, 4.69) is 54.2 Å². The summed E-state index contributed by atoms with van der Waals surface area (Å²) in [7, 11) is 0. The molecule has 0 fully saturated rings. The van der Waals surface area contributed by atoms with Crippen LogP contribution in [-0.2, 0) is 0 Å². The molecule has 6 rings (SSSR count). The van der Waals surface area contributed by atoms with Crippen molar-refractivity contribution in [3.8, 4) is 33.9 Å². The lowest BCUT2D eigenvalue weighted by Gasteiger charge is -2.04. The van der Waals surface area contributed by atoms with Crippen molar-refractivity contribution < 1.29 is 0 Å². The highest BCUT2D eigenvalue weighted by Crippen LogP contribution is 2.33. The number of nitrogens with one attached hydrogen (secondary N) is 2. The van der Waals surface area contributed by atoms with Gasteiger partial charge in [-0.05, 0) is 48.9 Å². The Balaban J connectivity index is 1.52. The van der Waals surface area contributed by atoms with Crippen LogP contribution in [0.2, 0.25) is 0 Å². The van der Waals surface area contributed by atoms with E-state index in [4.69, 9.17) is 0 Å². The van der Waals surface area contributed by atoms with Gasteiger partial charge in [-0.2, -0.15) is 5.10 Å². The molecule has 0 aliphatic heterocycles. The SMILES string of the molecule is Cc1ccncc1-c1cc2c(-c3cc4c(-c5ccccn5)ccnc4[nH]3)n[nH]c2cn1. The van der Waals surface area contributed by atoms with E-state index in [0.29, 0.717) is 0 Å². The van der Waals surface area contributed by atoms with Crippen molar-refractivity contribution in [3.63, 3.8) is 0 Å². The molecule has 6 aromatic rings. The first-order valence-electron chi connectivity index (χ1n) is 9.92. The molecule has 0 saturated heterocycles. The fourth-order valence-corrected chi connectivity index (χ4v) is 3.90. The van der Waals surface area contributed by atoms with E-state index < -0.39 is 0 Å². The van der Waals surface area contributed by atoms with Crippen molar-refractivity contribution in [1.29, 1.82) is 0 Å². The lowest BCUT2D eigenvalue weighted by Crippen LogP contribution is -1.88. The van der Waals surface area contributed by atoms with Crippen molar-refractivity contribution in [2.75, 3.05) is 0 Å². The Labute approximate surface area is 177 Å². The summed E-state index contributed by atoms with van der Waals surface area (Å²) >= 11 is 0. The van der Waals surface area contributed by atoms with Crippen molar-refractivity contribution in [3.05, 3.63) is 79.0 Å². The van der Waals surface area contributed by atoms with Gasteiger partial charge in [-0.15, -0.1) is 0 Å². The monoisotopic (exact) mass is 403 g/mol. The van der Waals surface area contributed by atoms with Crippen molar-refractivity contribution in [2.24, 2.45) is 0 Å². The van der Waals surface area contributed by atoms with Gasteiger partial charge >= 0.3 is 0 Å². The molecule has 0 aliphatic rings. The average molecular weight is 403 g/mol. The summed E-state index contributed by atoms with van der Waals surface area (Å²) < 4.78 is 0. The summed E-state index contributed by atoms with van der Waals surface area (Å²) in [6.07, 6.45) is 9.04. The molecule has 7 nitrogen and oxygen atoms in total. The predicted octanol–water partition coefficient (Wildman–Crippen LogP) is 4.93. The van der Waals surface area contributed by atoms with Gasteiger partial charge in [-0.3, -0.25) is 20.1 Å². The topological polar surface area (TPSA) is 96.0 Å². The average Bonchev–Trinajstić information content (AvgIpc) is 3.43.